The number of rotatable bonds is 8. The van der Waals surface area contributed by atoms with Gasteiger partial charge in [-0.05, 0) is 35.4 Å². The number of benzene rings is 3. The van der Waals surface area contributed by atoms with Gasteiger partial charge in [-0.25, -0.2) is 4.79 Å². The number of ketones is 1. The van der Waals surface area contributed by atoms with Gasteiger partial charge in [0.1, 0.15) is 0 Å². The molecule has 0 unspecified atom stereocenters. The van der Waals surface area contributed by atoms with Crippen molar-refractivity contribution >= 4 is 29.3 Å². The van der Waals surface area contributed by atoms with E-state index in [4.69, 9.17) is 0 Å². The molecule has 1 saturated heterocycles. The molecule has 0 aliphatic carbocycles. The highest BCUT2D eigenvalue weighted by molar-refractivity contribution is 6.11. The Labute approximate surface area is 204 Å². The lowest BCUT2D eigenvalue weighted by atomic mass is 9.83. The Kier molecular flexibility index (Phi) is 6.78. The highest BCUT2D eigenvalue weighted by Gasteiger charge is 2.52. The highest BCUT2D eigenvalue weighted by Crippen LogP contribution is 2.33. The molecule has 0 radical (unpaired) electrons. The van der Waals surface area contributed by atoms with Gasteiger partial charge in [0, 0.05) is 23.6 Å². The van der Waals surface area contributed by atoms with Crippen molar-refractivity contribution < 1.29 is 19.2 Å². The van der Waals surface area contributed by atoms with Crippen molar-refractivity contribution in [2.45, 2.75) is 25.8 Å². The third kappa shape index (κ3) is 4.99. The number of hydrogen-bond acceptors (Lipinski definition) is 4. The fourth-order valence-electron chi connectivity index (χ4n) is 4.07. The molecule has 1 aliphatic rings. The molecule has 1 atom stereocenters. The van der Waals surface area contributed by atoms with E-state index in [1.807, 2.05) is 48.5 Å². The van der Waals surface area contributed by atoms with Crippen molar-refractivity contribution in [2.75, 3.05) is 11.9 Å². The number of urea groups is 1. The smallest absolute Gasteiger partial charge is 0.325 e. The van der Waals surface area contributed by atoms with Gasteiger partial charge < -0.3 is 10.6 Å². The summed E-state index contributed by atoms with van der Waals surface area (Å²) in [5, 5.41) is 5.64. The summed E-state index contributed by atoms with van der Waals surface area (Å²) in [6.45, 7) is 3.20. The molecule has 4 amide bonds. The zero-order valence-corrected chi connectivity index (χ0v) is 19.7. The van der Waals surface area contributed by atoms with Crippen molar-refractivity contribution in [3.8, 4) is 0 Å². The van der Waals surface area contributed by atoms with Gasteiger partial charge in [0.15, 0.2) is 11.3 Å². The number of amides is 4. The van der Waals surface area contributed by atoms with Gasteiger partial charge in [-0.1, -0.05) is 74.5 Å². The van der Waals surface area contributed by atoms with Crippen molar-refractivity contribution in [1.82, 2.24) is 10.2 Å². The second kappa shape index (κ2) is 9.93. The standard InChI is InChI=1S/C28H27N3O4/c1-19(2)25(33)29-23-15-13-21(14-16-23)24(32)18-31-26(34)28(30-27(31)35,22-11-7-4-8-12-22)17-20-9-5-3-6-10-20/h3-16,19H,17-18H2,1-2H3,(H,29,33)(H,30,35)/t28-/m0/s1. The van der Waals surface area contributed by atoms with Crippen LogP contribution in [0.15, 0.2) is 84.9 Å². The molecule has 0 bridgehead atoms. The van der Waals surface area contributed by atoms with Crippen molar-refractivity contribution in [1.29, 1.82) is 0 Å². The lowest BCUT2D eigenvalue weighted by molar-refractivity contribution is -0.131. The van der Waals surface area contributed by atoms with E-state index in [1.54, 1.807) is 50.2 Å². The van der Waals surface area contributed by atoms with Gasteiger partial charge in [0.2, 0.25) is 5.91 Å². The molecule has 1 fully saturated rings. The van der Waals surface area contributed by atoms with E-state index in [1.165, 1.54) is 0 Å². The number of Topliss-reactive ketones (excluding diaryl/α,β-unsaturated/α-hetero) is 1. The first-order valence-corrected chi connectivity index (χ1v) is 11.5. The van der Waals surface area contributed by atoms with Crippen LogP contribution in [0.3, 0.4) is 0 Å². The maximum atomic E-state index is 13.7. The molecule has 7 nitrogen and oxygen atoms in total. The average Bonchev–Trinajstić information content (AvgIpc) is 3.10. The largest absolute Gasteiger partial charge is 0.326 e. The molecule has 1 heterocycles. The van der Waals surface area contributed by atoms with Gasteiger partial charge in [-0.15, -0.1) is 0 Å². The minimum Gasteiger partial charge on any atom is -0.326 e. The molecule has 7 heteroatoms. The summed E-state index contributed by atoms with van der Waals surface area (Å²) in [7, 11) is 0. The van der Waals surface area contributed by atoms with E-state index in [-0.39, 0.29) is 30.6 Å². The van der Waals surface area contributed by atoms with Gasteiger partial charge in [-0.3, -0.25) is 19.3 Å². The molecule has 2 N–H and O–H groups in total. The number of carbonyl (C=O) groups is 4. The minimum atomic E-state index is -1.30. The summed E-state index contributed by atoms with van der Waals surface area (Å²) in [6.07, 6.45) is 0.261. The predicted octanol–water partition coefficient (Wildman–Crippen LogP) is 4.15. The third-order valence-corrected chi connectivity index (χ3v) is 6.05. The van der Waals surface area contributed by atoms with Crippen LogP contribution in [0.2, 0.25) is 0 Å². The molecule has 178 valence electrons. The molecule has 1 aliphatic heterocycles. The van der Waals surface area contributed by atoms with Gasteiger partial charge in [-0.2, -0.15) is 0 Å². The van der Waals surface area contributed by atoms with Crippen LogP contribution in [0.25, 0.3) is 0 Å². The van der Waals surface area contributed by atoms with Crippen LogP contribution in [-0.4, -0.2) is 35.1 Å². The molecule has 3 aromatic carbocycles. The van der Waals surface area contributed by atoms with Crippen molar-refractivity contribution in [3.05, 3.63) is 102 Å². The average molecular weight is 470 g/mol. The Bertz CT molecular complexity index is 1240. The lowest BCUT2D eigenvalue weighted by Gasteiger charge is -2.27. The maximum Gasteiger partial charge on any atom is 0.325 e. The second-order valence-corrected chi connectivity index (χ2v) is 8.90. The zero-order valence-electron chi connectivity index (χ0n) is 19.7. The SMILES string of the molecule is CC(C)C(=O)Nc1ccc(C(=O)CN2C(=O)N[C@@](Cc3ccccc3)(c3ccccc3)C2=O)cc1. The van der Waals surface area contributed by atoms with E-state index >= 15 is 0 Å². The van der Waals surface area contributed by atoms with E-state index in [2.05, 4.69) is 10.6 Å². The first kappa shape index (κ1) is 23.9. The summed E-state index contributed by atoms with van der Waals surface area (Å²) in [5.74, 6) is -1.14. The Morgan fingerprint density at radius 3 is 2.09 bits per heavy atom. The monoisotopic (exact) mass is 469 g/mol. The Balaban J connectivity index is 1.56. The number of anilines is 1. The second-order valence-electron chi connectivity index (χ2n) is 8.90. The van der Waals surface area contributed by atoms with E-state index in [0.29, 0.717) is 16.8 Å². The number of imide groups is 1. The van der Waals surface area contributed by atoms with Crippen molar-refractivity contribution in [3.63, 3.8) is 0 Å². The van der Waals surface area contributed by atoms with Gasteiger partial charge in [0.25, 0.3) is 5.91 Å². The quantitative estimate of drug-likeness (QED) is 0.383. The van der Waals surface area contributed by atoms with Crippen LogP contribution in [0.4, 0.5) is 10.5 Å². The van der Waals surface area contributed by atoms with Crippen LogP contribution < -0.4 is 10.6 Å². The van der Waals surface area contributed by atoms with Crippen LogP contribution in [0.5, 0.6) is 0 Å². The molecular weight excluding hydrogens is 442 g/mol. The van der Waals surface area contributed by atoms with E-state index in [0.717, 1.165) is 10.5 Å². The normalized spacial score (nSPS) is 17.4. The van der Waals surface area contributed by atoms with E-state index < -0.39 is 17.5 Å². The Morgan fingerprint density at radius 1 is 0.886 bits per heavy atom. The van der Waals surface area contributed by atoms with Crippen LogP contribution in [-0.2, 0) is 21.5 Å². The highest BCUT2D eigenvalue weighted by atomic mass is 16.2. The summed E-state index contributed by atoms with van der Waals surface area (Å²) >= 11 is 0. The topological polar surface area (TPSA) is 95.6 Å². The third-order valence-electron chi connectivity index (χ3n) is 6.05. The zero-order chi connectivity index (χ0) is 25.0. The van der Waals surface area contributed by atoms with Gasteiger partial charge >= 0.3 is 6.03 Å². The van der Waals surface area contributed by atoms with Crippen LogP contribution in [0, 0.1) is 5.92 Å². The van der Waals surface area contributed by atoms with Crippen LogP contribution >= 0.6 is 0 Å². The predicted molar refractivity (Wildman–Crippen MR) is 133 cm³/mol. The molecule has 0 saturated carbocycles. The number of nitrogens with one attached hydrogen (secondary N) is 2. The Morgan fingerprint density at radius 2 is 1.49 bits per heavy atom. The van der Waals surface area contributed by atoms with Crippen LogP contribution in [0.1, 0.15) is 35.3 Å². The van der Waals surface area contributed by atoms with Crippen molar-refractivity contribution in [2.24, 2.45) is 5.92 Å². The molecule has 0 spiro atoms. The van der Waals surface area contributed by atoms with E-state index in [9.17, 15) is 19.2 Å². The number of hydrogen-bond donors (Lipinski definition) is 2. The molecule has 4 rings (SSSR count). The first-order valence-electron chi connectivity index (χ1n) is 11.5. The summed E-state index contributed by atoms with van der Waals surface area (Å²) in [6, 6.07) is 24.3. The summed E-state index contributed by atoms with van der Waals surface area (Å²) < 4.78 is 0. The van der Waals surface area contributed by atoms with Gasteiger partial charge in [0.05, 0.1) is 6.54 Å². The maximum absolute atomic E-state index is 13.7. The summed E-state index contributed by atoms with van der Waals surface area (Å²) in [5.41, 5.74) is 1.15. The molecule has 0 aromatic heterocycles. The lowest BCUT2D eigenvalue weighted by Crippen LogP contribution is -2.46. The summed E-state index contributed by atoms with van der Waals surface area (Å²) in [4.78, 5) is 52.5. The minimum absolute atomic E-state index is 0.126. The Hall–Kier alpha value is -4.26. The molecular formula is C28H27N3O4. The molecule has 3 aromatic rings. The molecule has 35 heavy (non-hydrogen) atoms. The fourth-order valence-corrected chi connectivity index (χ4v) is 4.07. The fraction of sp³-hybridized carbons (Fsp3) is 0.214. The number of carbonyl (C=O) groups excluding carboxylic acids is 4. The first-order chi connectivity index (χ1) is 16.8. The number of nitrogens with zero attached hydrogens (tertiary/aromatic N) is 1.